The van der Waals surface area contributed by atoms with Gasteiger partial charge in [0.1, 0.15) is 5.75 Å². The van der Waals surface area contributed by atoms with Crippen LogP contribution >= 0.6 is 11.6 Å². The number of carboxylic acid groups (broad SMARTS) is 1. The van der Waals surface area contributed by atoms with Gasteiger partial charge in [0.2, 0.25) is 0 Å². The third-order valence-electron chi connectivity index (χ3n) is 2.42. The third kappa shape index (κ3) is 2.92. The molecule has 4 nitrogen and oxygen atoms in total. The highest BCUT2D eigenvalue weighted by molar-refractivity contribution is 6.32. The highest BCUT2D eigenvalue weighted by Gasteiger charge is 2.18. The van der Waals surface area contributed by atoms with Crippen LogP contribution in [0.15, 0.2) is 48.5 Å². The van der Waals surface area contributed by atoms with Crippen LogP contribution in [0.4, 0.5) is 0 Å². The fraction of sp³-hybridized carbons (Fsp3) is 0. The minimum atomic E-state index is -1.19. The first kappa shape index (κ1) is 13.1. The van der Waals surface area contributed by atoms with E-state index in [9.17, 15) is 9.59 Å². The number of aromatic carboxylic acids is 1. The third-order valence-corrected chi connectivity index (χ3v) is 2.73. The van der Waals surface area contributed by atoms with Crippen molar-refractivity contribution in [3.05, 3.63) is 64.7 Å². The SMILES string of the molecule is O=C(O)c1ccccc1C(=O)Oc1ccccc1Cl. The fourth-order valence-electron chi connectivity index (χ4n) is 1.53. The molecule has 2 aromatic carbocycles. The minimum Gasteiger partial charge on any atom is -0.478 e. The summed E-state index contributed by atoms with van der Waals surface area (Å²) in [5, 5.41) is 9.28. The quantitative estimate of drug-likeness (QED) is 0.690. The van der Waals surface area contributed by atoms with Gasteiger partial charge in [0, 0.05) is 0 Å². The van der Waals surface area contributed by atoms with Gasteiger partial charge in [-0.3, -0.25) is 0 Å². The van der Waals surface area contributed by atoms with E-state index >= 15 is 0 Å². The Morgan fingerprint density at radius 3 is 2.16 bits per heavy atom. The Labute approximate surface area is 114 Å². The van der Waals surface area contributed by atoms with Crippen molar-refractivity contribution in [1.82, 2.24) is 0 Å². The minimum absolute atomic E-state index is 0.0186. The molecule has 5 heteroatoms. The maximum Gasteiger partial charge on any atom is 0.344 e. The standard InChI is InChI=1S/C14H9ClO4/c15-11-7-3-4-8-12(11)19-14(18)10-6-2-1-5-9(10)13(16)17/h1-8H,(H,16,17). The van der Waals surface area contributed by atoms with E-state index in [0.717, 1.165) is 0 Å². The summed E-state index contributed by atoms with van der Waals surface area (Å²) in [4.78, 5) is 23.0. The molecule has 0 saturated heterocycles. The number of rotatable bonds is 3. The van der Waals surface area contributed by atoms with Gasteiger partial charge < -0.3 is 9.84 Å². The maximum absolute atomic E-state index is 11.9. The number of carboxylic acids is 1. The summed E-state index contributed by atoms with van der Waals surface area (Å²) in [6.07, 6.45) is 0. The molecular weight excluding hydrogens is 268 g/mol. The van der Waals surface area contributed by atoms with E-state index in [-0.39, 0.29) is 21.9 Å². The molecule has 0 spiro atoms. The molecule has 1 N–H and O–H groups in total. The van der Waals surface area contributed by atoms with E-state index < -0.39 is 11.9 Å². The molecule has 0 aromatic heterocycles. The van der Waals surface area contributed by atoms with Gasteiger partial charge >= 0.3 is 11.9 Å². The van der Waals surface area contributed by atoms with Crippen molar-refractivity contribution in [3.63, 3.8) is 0 Å². The lowest BCUT2D eigenvalue weighted by atomic mass is 10.1. The number of benzene rings is 2. The van der Waals surface area contributed by atoms with Gasteiger partial charge in [0.05, 0.1) is 16.1 Å². The molecule has 0 unspecified atom stereocenters. The molecule has 0 amide bonds. The number of ether oxygens (including phenoxy) is 1. The van der Waals surface area contributed by atoms with Gasteiger partial charge in [-0.05, 0) is 24.3 Å². The van der Waals surface area contributed by atoms with Crippen LogP contribution in [0.1, 0.15) is 20.7 Å². The molecule has 0 aliphatic carbocycles. The average molecular weight is 277 g/mol. The van der Waals surface area contributed by atoms with Gasteiger partial charge in [-0.25, -0.2) is 9.59 Å². The second-order valence-electron chi connectivity index (χ2n) is 3.67. The largest absolute Gasteiger partial charge is 0.478 e. The fourth-order valence-corrected chi connectivity index (χ4v) is 1.70. The molecular formula is C14H9ClO4. The van der Waals surface area contributed by atoms with Crippen molar-refractivity contribution in [2.45, 2.75) is 0 Å². The number of carbonyl (C=O) groups excluding carboxylic acids is 1. The highest BCUT2D eigenvalue weighted by Crippen LogP contribution is 2.24. The number of para-hydroxylation sites is 1. The first-order valence-corrected chi connectivity index (χ1v) is 5.76. The lowest BCUT2D eigenvalue weighted by Crippen LogP contribution is -2.14. The molecule has 2 aromatic rings. The number of hydrogen-bond acceptors (Lipinski definition) is 3. The average Bonchev–Trinajstić information content (AvgIpc) is 2.41. The molecule has 19 heavy (non-hydrogen) atoms. The predicted molar refractivity (Wildman–Crippen MR) is 69.8 cm³/mol. The molecule has 2 rings (SSSR count). The van der Waals surface area contributed by atoms with Crippen LogP contribution in [0.2, 0.25) is 5.02 Å². The zero-order valence-electron chi connectivity index (χ0n) is 9.67. The maximum atomic E-state index is 11.9. The van der Waals surface area contributed by atoms with E-state index in [1.165, 1.54) is 24.3 Å². The second-order valence-corrected chi connectivity index (χ2v) is 4.08. The Hall–Kier alpha value is -2.33. The Kier molecular flexibility index (Phi) is 3.82. The van der Waals surface area contributed by atoms with Gasteiger partial charge in [-0.15, -0.1) is 0 Å². The van der Waals surface area contributed by atoms with Crippen molar-refractivity contribution in [2.75, 3.05) is 0 Å². The zero-order chi connectivity index (χ0) is 13.8. The second kappa shape index (κ2) is 5.54. The Morgan fingerprint density at radius 1 is 0.947 bits per heavy atom. The first-order valence-electron chi connectivity index (χ1n) is 5.38. The van der Waals surface area contributed by atoms with E-state index in [2.05, 4.69) is 0 Å². The summed E-state index contributed by atoms with van der Waals surface area (Å²) < 4.78 is 5.09. The summed E-state index contributed by atoms with van der Waals surface area (Å²) in [6, 6.07) is 12.3. The van der Waals surface area contributed by atoms with E-state index in [1.54, 1.807) is 24.3 Å². The summed E-state index contributed by atoms with van der Waals surface area (Å²) in [6.45, 7) is 0. The smallest absolute Gasteiger partial charge is 0.344 e. The summed E-state index contributed by atoms with van der Waals surface area (Å²) >= 11 is 5.86. The monoisotopic (exact) mass is 276 g/mol. The first-order chi connectivity index (χ1) is 9.09. The van der Waals surface area contributed by atoms with Crippen molar-refractivity contribution < 1.29 is 19.4 Å². The molecule has 0 bridgehead atoms. The summed E-state index contributed by atoms with van der Waals surface area (Å²) in [5.74, 6) is -1.76. The highest BCUT2D eigenvalue weighted by atomic mass is 35.5. The number of hydrogen-bond donors (Lipinski definition) is 1. The molecule has 0 aliphatic rings. The molecule has 0 aliphatic heterocycles. The lowest BCUT2D eigenvalue weighted by Gasteiger charge is -2.07. The van der Waals surface area contributed by atoms with Gasteiger partial charge in [-0.1, -0.05) is 35.9 Å². The van der Waals surface area contributed by atoms with Crippen molar-refractivity contribution in [3.8, 4) is 5.75 Å². The summed E-state index contributed by atoms with van der Waals surface area (Å²) in [5.41, 5.74) is -0.130. The lowest BCUT2D eigenvalue weighted by molar-refractivity contribution is 0.0668. The molecule has 0 fully saturated rings. The van der Waals surface area contributed by atoms with E-state index in [4.69, 9.17) is 21.4 Å². The van der Waals surface area contributed by atoms with Crippen molar-refractivity contribution in [1.29, 1.82) is 0 Å². The normalized spacial score (nSPS) is 9.95. The Balaban J connectivity index is 2.31. The van der Waals surface area contributed by atoms with E-state index in [0.29, 0.717) is 0 Å². The molecule has 0 atom stereocenters. The summed E-state index contributed by atoms with van der Waals surface area (Å²) in [7, 11) is 0. The van der Waals surface area contributed by atoms with Crippen LogP contribution in [0.3, 0.4) is 0 Å². The number of carbonyl (C=O) groups is 2. The van der Waals surface area contributed by atoms with Crippen molar-refractivity contribution in [2.24, 2.45) is 0 Å². The van der Waals surface area contributed by atoms with Crippen molar-refractivity contribution >= 4 is 23.5 Å². The topological polar surface area (TPSA) is 63.6 Å². The predicted octanol–water partition coefficient (Wildman–Crippen LogP) is 3.26. The molecule has 0 saturated carbocycles. The Morgan fingerprint density at radius 2 is 1.53 bits per heavy atom. The zero-order valence-corrected chi connectivity index (χ0v) is 10.4. The van der Waals surface area contributed by atoms with Crippen LogP contribution in [0.25, 0.3) is 0 Å². The number of esters is 1. The van der Waals surface area contributed by atoms with Crippen LogP contribution in [0, 0.1) is 0 Å². The van der Waals surface area contributed by atoms with Crippen LogP contribution in [-0.4, -0.2) is 17.0 Å². The van der Waals surface area contributed by atoms with Gasteiger partial charge in [0.15, 0.2) is 0 Å². The molecule has 96 valence electrons. The Bertz CT molecular complexity index is 637. The van der Waals surface area contributed by atoms with Gasteiger partial charge in [0.25, 0.3) is 0 Å². The van der Waals surface area contributed by atoms with Crippen LogP contribution in [0.5, 0.6) is 5.75 Å². The van der Waals surface area contributed by atoms with Crippen LogP contribution in [-0.2, 0) is 0 Å². The van der Waals surface area contributed by atoms with E-state index in [1.807, 2.05) is 0 Å². The molecule has 0 radical (unpaired) electrons. The number of halogens is 1. The van der Waals surface area contributed by atoms with Gasteiger partial charge in [-0.2, -0.15) is 0 Å². The van der Waals surface area contributed by atoms with Crippen LogP contribution < -0.4 is 4.74 Å². The molecule has 0 heterocycles.